The van der Waals surface area contributed by atoms with Gasteiger partial charge in [-0.1, -0.05) is 87.5 Å². The van der Waals surface area contributed by atoms with E-state index in [2.05, 4.69) is 50.0 Å². The summed E-state index contributed by atoms with van der Waals surface area (Å²) >= 11 is 0. The highest BCUT2D eigenvalue weighted by Gasteiger charge is 2.50. The van der Waals surface area contributed by atoms with E-state index >= 15 is 0 Å². The summed E-state index contributed by atoms with van der Waals surface area (Å²) in [6.45, 7) is 6.68. The second-order valence-corrected chi connectivity index (χ2v) is 14.1. The van der Waals surface area contributed by atoms with Gasteiger partial charge < -0.3 is 14.3 Å². The molecule has 4 nitrogen and oxygen atoms in total. The van der Waals surface area contributed by atoms with E-state index in [-0.39, 0.29) is 17.5 Å². The van der Waals surface area contributed by atoms with Gasteiger partial charge in [0.25, 0.3) is 8.32 Å². The van der Waals surface area contributed by atoms with Gasteiger partial charge in [-0.05, 0) is 39.7 Å². The standard InChI is InChI=1S/C30H32FNO3Si/c1-30(2,3)36(24-11-7-5-8-12-24,25-13-9-6-10-14-25)35-21-29(33)28-18-15-22(20-32-28)26-19-23(34-4)16-17-27(26)31/h5-20,29,33H,21H2,1-4H3. The van der Waals surface area contributed by atoms with Gasteiger partial charge in [0.2, 0.25) is 0 Å². The van der Waals surface area contributed by atoms with Gasteiger partial charge in [0, 0.05) is 17.3 Å². The molecular formula is C30H32FNO3Si. The minimum Gasteiger partial charge on any atom is -0.497 e. The predicted molar refractivity (Wildman–Crippen MR) is 145 cm³/mol. The van der Waals surface area contributed by atoms with Crippen molar-refractivity contribution in [3.05, 3.63) is 109 Å². The lowest BCUT2D eigenvalue weighted by atomic mass is 10.1. The smallest absolute Gasteiger partial charge is 0.261 e. The third-order valence-corrected chi connectivity index (χ3v) is 11.5. The Morgan fingerprint density at radius 2 is 1.50 bits per heavy atom. The maximum atomic E-state index is 14.4. The van der Waals surface area contributed by atoms with Crippen LogP contribution in [0, 0.1) is 5.82 Å². The molecule has 1 N–H and O–H groups in total. The van der Waals surface area contributed by atoms with Gasteiger partial charge in [-0.25, -0.2) is 4.39 Å². The fraction of sp³-hybridized carbons (Fsp3) is 0.233. The molecule has 0 aliphatic rings. The number of aliphatic hydroxyl groups excluding tert-OH is 1. The fourth-order valence-corrected chi connectivity index (χ4v) is 9.23. The molecule has 0 saturated carbocycles. The first-order valence-corrected chi connectivity index (χ1v) is 13.9. The van der Waals surface area contributed by atoms with E-state index in [0.717, 1.165) is 10.4 Å². The van der Waals surface area contributed by atoms with Crippen molar-refractivity contribution in [2.75, 3.05) is 13.7 Å². The van der Waals surface area contributed by atoms with Gasteiger partial charge in [0.1, 0.15) is 17.7 Å². The molecule has 0 aliphatic carbocycles. The Hall–Kier alpha value is -3.32. The molecule has 4 aromatic rings. The zero-order valence-corrected chi connectivity index (χ0v) is 22.1. The summed E-state index contributed by atoms with van der Waals surface area (Å²) in [6, 6.07) is 28.7. The van der Waals surface area contributed by atoms with E-state index in [1.165, 1.54) is 6.07 Å². The van der Waals surface area contributed by atoms with Crippen molar-refractivity contribution in [3.8, 4) is 16.9 Å². The molecule has 0 saturated heterocycles. The van der Waals surface area contributed by atoms with E-state index in [9.17, 15) is 9.50 Å². The Labute approximate surface area is 213 Å². The summed E-state index contributed by atoms with van der Waals surface area (Å²) in [7, 11) is -1.24. The molecule has 36 heavy (non-hydrogen) atoms. The average Bonchev–Trinajstić information content (AvgIpc) is 2.90. The zero-order valence-electron chi connectivity index (χ0n) is 21.1. The lowest BCUT2D eigenvalue weighted by molar-refractivity contribution is 0.0993. The van der Waals surface area contributed by atoms with Crippen LogP contribution in [-0.2, 0) is 4.43 Å². The highest BCUT2D eigenvalue weighted by molar-refractivity contribution is 6.99. The molecule has 0 fully saturated rings. The first-order chi connectivity index (χ1) is 17.3. The summed E-state index contributed by atoms with van der Waals surface area (Å²) in [6.07, 6.45) is 0.634. The number of benzene rings is 3. The zero-order chi connectivity index (χ0) is 25.8. The number of nitrogens with zero attached hydrogens (tertiary/aromatic N) is 1. The molecule has 0 bridgehead atoms. The molecule has 3 aromatic carbocycles. The van der Waals surface area contributed by atoms with Crippen LogP contribution in [0.2, 0.25) is 5.04 Å². The van der Waals surface area contributed by atoms with Crippen molar-refractivity contribution in [2.24, 2.45) is 0 Å². The second kappa shape index (κ2) is 10.7. The fourth-order valence-electron chi connectivity index (χ4n) is 4.67. The predicted octanol–water partition coefficient (Wildman–Crippen LogP) is 5.51. The van der Waals surface area contributed by atoms with E-state index in [1.807, 2.05) is 36.4 Å². The Kier molecular flexibility index (Phi) is 7.69. The number of pyridine rings is 1. The number of hydrogen-bond donors (Lipinski definition) is 1. The number of halogens is 1. The normalized spacial score (nSPS) is 12.8. The van der Waals surface area contributed by atoms with E-state index < -0.39 is 14.4 Å². The monoisotopic (exact) mass is 501 g/mol. The summed E-state index contributed by atoms with van der Waals surface area (Å²) in [5.74, 6) is 0.204. The van der Waals surface area contributed by atoms with Gasteiger partial charge >= 0.3 is 0 Å². The van der Waals surface area contributed by atoms with Crippen molar-refractivity contribution in [1.82, 2.24) is 4.98 Å². The lowest BCUT2D eigenvalue weighted by Gasteiger charge is -2.43. The minimum atomic E-state index is -2.78. The molecule has 1 unspecified atom stereocenters. The molecule has 186 valence electrons. The summed E-state index contributed by atoms with van der Waals surface area (Å²) in [5, 5.41) is 13.2. The molecule has 4 rings (SSSR count). The number of rotatable bonds is 8. The number of hydrogen-bond acceptors (Lipinski definition) is 4. The third-order valence-electron chi connectivity index (χ3n) is 6.49. The van der Waals surface area contributed by atoms with Crippen LogP contribution in [0.3, 0.4) is 0 Å². The molecule has 1 atom stereocenters. The molecule has 0 amide bonds. The van der Waals surface area contributed by atoms with E-state index in [1.54, 1.807) is 37.6 Å². The topological polar surface area (TPSA) is 51.6 Å². The van der Waals surface area contributed by atoms with Crippen LogP contribution in [0.1, 0.15) is 32.6 Å². The summed E-state index contributed by atoms with van der Waals surface area (Å²) in [5.41, 5.74) is 1.47. The van der Waals surface area contributed by atoms with Crippen molar-refractivity contribution in [2.45, 2.75) is 31.9 Å². The Bertz CT molecular complexity index is 1240. The molecule has 1 heterocycles. The average molecular weight is 502 g/mol. The van der Waals surface area contributed by atoms with Gasteiger partial charge in [-0.15, -0.1) is 0 Å². The van der Waals surface area contributed by atoms with Crippen molar-refractivity contribution < 1.29 is 18.7 Å². The Morgan fingerprint density at radius 1 is 0.889 bits per heavy atom. The molecular weight excluding hydrogens is 469 g/mol. The largest absolute Gasteiger partial charge is 0.497 e. The van der Waals surface area contributed by atoms with Crippen molar-refractivity contribution in [3.63, 3.8) is 0 Å². The van der Waals surface area contributed by atoms with Crippen molar-refractivity contribution in [1.29, 1.82) is 0 Å². The Balaban J connectivity index is 1.63. The summed E-state index contributed by atoms with van der Waals surface area (Å²) < 4.78 is 26.4. The highest BCUT2D eigenvalue weighted by atomic mass is 28.4. The SMILES string of the molecule is COc1ccc(F)c(-c2ccc(C(O)CO[Si](c3ccccc3)(c3ccccc3)C(C)(C)C)nc2)c1. The first-order valence-electron chi connectivity index (χ1n) is 12.0. The van der Waals surface area contributed by atoms with Gasteiger partial charge in [0.15, 0.2) is 0 Å². The second-order valence-electron chi connectivity index (χ2n) is 9.81. The number of ether oxygens (including phenoxy) is 1. The summed E-state index contributed by atoms with van der Waals surface area (Å²) in [4.78, 5) is 4.44. The van der Waals surface area contributed by atoms with Gasteiger partial charge in [-0.2, -0.15) is 0 Å². The minimum absolute atomic E-state index is 0.0904. The third kappa shape index (κ3) is 5.12. The van der Waals surface area contributed by atoms with E-state index in [0.29, 0.717) is 22.6 Å². The lowest BCUT2D eigenvalue weighted by Crippen LogP contribution is -2.66. The number of aliphatic hydroxyl groups is 1. The molecule has 0 radical (unpaired) electrons. The maximum Gasteiger partial charge on any atom is 0.261 e. The van der Waals surface area contributed by atoms with Crippen LogP contribution in [0.4, 0.5) is 4.39 Å². The molecule has 0 spiro atoms. The molecule has 6 heteroatoms. The number of methoxy groups -OCH3 is 1. The van der Waals surface area contributed by atoms with Crippen LogP contribution in [-0.4, -0.2) is 32.1 Å². The van der Waals surface area contributed by atoms with Crippen LogP contribution in [0.15, 0.2) is 97.2 Å². The van der Waals surface area contributed by atoms with Crippen LogP contribution in [0.25, 0.3) is 11.1 Å². The van der Waals surface area contributed by atoms with Gasteiger partial charge in [0.05, 0.1) is 19.4 Å². The van der Waals surface area contributed by atoms with Crippen LogP contribution >= 0.6 is 0 Å². The molecule has 0 aliphatic heterocycles. The van der Waals surface area contributed by atoms with Gasteiger partial charge in [-0.3, -0.25) is 4.98 Å². The highest BCUT2D eigenvalue weighted by Crippen LogP contribution is 2.37. The molecule has 1 aromatic heterocycles. The van der Waals surface area contributed by atoms with Crippen LogP contribution in [0.5, 0.6) is 5.75 Å². The van der Waals surface area contributed by atoms with Crippen molar-refractivity contribution >= 4 is 18.7 Å². The first kappa shape index (κ1) is 25.8. The number of aromatic nitrogens is 1. The Morgan fingerprint density at radius 3 is 2.00 bits per heavy atom. The van der Waals surface area contributed by atoms with E-state index in [4.69, 9.17) is 9.16 Å². The van der Waals surface area contributed by atoms with Crippen LogP contribution < -0.4 is 15.1 Å². The maximum absolute atomic E-state index is 14.4. The quantitative estimate of drug-likeness (QED) is 0.324.